The average Bonchev–Trinajstić information content (AvgIpc) is 2.40. The number of piperazine rings is 1. The zero-order valence-electron chi connectivity index (χ0n) is 9.56. The summed E-state index contributed by atoms with van der Waals surface area (Å²) in [6.07, 6.45) is 1.87. The smallest absolute Gasteiger partial charge is 0.136 e. The van der Waals surface area contributed by atoms with E-state index in [1.807, 2.05) is 24.4 Å². The molecule has 4 heteroatoms. The monoisotopic (exact) mass is 245 g/mol. The van der Waals surface area contributed by atoms with Crippen molar-refractivity contribution in [3.05, 3.63) is 30.5 Å². The Hall–Kier alpha value is -1.26. The molecule has 1 saturated heterocycles. The molecule has 1 aliphatic rings. The van der Waals surface area contributed by atoms with E-state index in [0.29, 0.717) is 0 Å². The van der Waals surface area contributed by atoms with Gasteiger partial charge in [0.25, 0.3) is 0 Å². The van der Waals surface area contributed by atoms with Crippen LogP contribution in [0.2, 0.25) is 0 Å². The molecule has 1 aromatic carbocycles. The minimum absolute atomic E-state index is 1.02. The highest BCUT2D eigenvalue weighted by molar-refractivity contribution is 7.80. The number of fused-ring (bicyclic) bond motifs is 1. The van der Waals surface area contributed by atoms with Crippen LogP contribution in [0.15, 0.2) is 35.4 Å². The number of benzene rings is 1. The van der Waals surface area contributed by atoms with E-state index in [2.05, 4.69) is 33.9 Å². The number of hydrogen-bond acceptors (Lipinski definition) is 4. The second-order valence-corrected chi connectivity index (χ2v) is 4.73. The molecule has 0 spiro atoms. The van der Waals surface area contributed by atoms with Crippen LogP contribution >= 0.6 is 12.6 Å². The van der Waals surface area contributed by atoms with E-state index < -0.39 is 0 Å². The minimum Gasteiger partial charge on any atom is -0.354 e. The lowest BCUT2D eigenvalue weighted by atomic mass is 10.1. The number of nitrogens with one attached hydrogen (secondary N) is 1. The molecule has 0 radical (unpaired) electrons. The van der Waals surface area contributed by atoms with Gasteiger partial charge in [-0.25, -0.2) is 4.98 Å². The Bertz CT molecular complexity index is 535. The summed E-state index contributed by atoms with van der Waals surface area (Å²) in [6, 6.07) is 8.22. The van der Waals surface area contributed by atoms with Gasteiger partial charge in [0, 0.05) is 48.0 Å². The Kier molecular flexibility index (Phi) is 2.91. The molecule has 88 valence electrons. The van der Waals surface area contributed by atoms with Crippen LogP contribution in [0.4, 0.5) is 5.82 Å². The van der Waals surface area contributed by atoms with E-state index in [1.54, 1.807) is 0 Å². The molecule has 0 aliphatic carbocycles. The summed E-state index contributed by atoms with van der Waals surface area (Å²) in [7, 11) is 0. The third kappa shape index (κ3) is 1.98. The number of aromatic nitrogens is 1. The van der Waals surface area contributed by atoms with Crippen LogP contribution in [0.5, 0.6) is 0 Å². The normalized spacial score (nSPS) is 16.4. The van der Waals surface area contributed by atoms with Gasteiger partial charge in [-0.2, -0.15) is 0 Å². The number of hydrogen-bond donors (Lipinski definition) is 2. The van der Waals surface area contributed by atoms with Crippen molar-refractivity contribution in [3.63, 3.8) is 0 Å². The number of nitrogens with zero attached hydrogens (tertiary/aromatic N) is 2. The van der Waals surface area contributed by atoms with Gasteiger partial charge in [0.2, 0.25) is 0 Å². The second kappa shape index (κ2) is 4.55. The number of rotatable bonds is 1. The van der Waals surface area contributed by atoms with E-state index in [1.165, 1.54) is 10.8 Å². The molecule has 0 atom stereocenters. The molecule has 17 heavy (non-hydrogen) atoms. The van der Waals surface area contributed by atoms with Gasteiger partial charge in [-0.1, -0.05) is 12.1 Å². The predicted molar refractivity (Wildman–Crippen MR) is 74.1 cm³/mol. The fourth-order valence-electron chi connectivity index (χ4n) is 2.30. The molecular formula is C13H15N3S. The standard InChI is InChI=1S/C13H15N3S/c17-12-3-1-2-11-10(12)4-5-15-13(11)16-8-6-14-7-9-16/h1-5,14,17H,6-9H2. The van der Waals surface area contributed by atoms with Crippen LogP contribution in [-0.4, -0.2) is 31.2 Å². The number of anilines is 1. The Labute approximate surface area is 106 Å². The maximum absolute atomic E-state index is 4.54. The van der Waals surface area contributed by atoms with Gasteiger partial charge in [0.15, 0.2) is 0 Å². The summed E-state index contributed by atoms with van der Waals surface area (Å²) >= 11 is 4.50. The van der Waals surface area contributed by atoms with Gasteiger partial charge in [-0.15, -0.1) is 12.6 Å². The fourth-order valence-corrected chi connectivity index (χ4v) is 2.58. The Morgan fingerprint density at radius 1 is 1.12 bits per heavy atom. The summed E-state index contributed by atoms with van der Waals surface area (Å²) in [6.45, 7) is 4.09. The van der Waals surface area contributed by atoms with Crippen LogP contribution in [0.1, 0.15) is 0 Å². The molecule has 3 rings (SSSR count). The van der Waals surface area contributed by atoms with Gasteiger partial charge < -0.3 is 10.2 Å². The molecular weight excluding hydrogens is 230 g/mol. The third-order valence-electron chi connectivity index (χ3n) is 3.18. The van der Waals surface area contributed by atoms with Crippen LogP contribution in [-0.2, 0) is 0 Å². The van der Waals surface area contributed by atoms with Crippen LogP contribution in [0.3, 0.4) is 0 Å². The lowest BCUT2D eigenvalue weighted by Gasteiger charge is -2.29. The van der Waals surface area contributed by atoms with Crippen molar-refractivity contribution in [3.8, 4) is 0 Å². The van der Waals surface area contributed by atoms with Crippen molar-refractivity contribution in [2.45, 2.75) is 4.90 Å². The summed E-state index contributed by atoms with van der Waals surface area (Å²) in [5.74, 6) is 1.08. The lowest BCUT2D eigenvalue weighted by Crippen LogP contribution is -2.43. The average molecular weight is 245 g/mol. The zero-order valence-corrected chi connectivity index (χ0v) is 10.5. The predicted octanol–water partition coefficient (Wildman–Crippen LogP) is 1.93. The Morgan fingerprint density at radius 3 is 2.76 bits per heavy atom. The van der Waals surface area contributed by atoms with Crippen molar-refractivity contribution in [1.29, 1.82) is 0 Å². The maximum Gasteiger partial charge on any atom is 0.136 e. The molecule has 1 fully saturated rings. The van der Waals surface area contributed by atoms with E-state index >= 15 is 0 Å². The van der Waals surface area contributed by atoms with E-state index in [-0.39, 0.29) is 0 Å². The first-order valence-corrected chi connectivity index (χ1v) is 6.33. The molecule has 1 aromatic heterocycles. The number of thiol groups is 1. The summed E-state index contributed by atoms with van der Waals surface area (Å²) in [5, 5.41) is 5.74. The first kappa shape index (κ1) is 10.9. The molecule has 0 saturated carbocycles. The molecule has 0 unspecified atom stereocenters. The Morgan fingerprint density at radius 2 is 1.94 bits per heavy atom. The molecule has 2 aromatic rings. The summed E-state index contributed by atoms with van der Waals surface area (Å²) in [4.78, 5) is 7.89. The number of pyridine rings is 1. The van der Waals surface area contributed by atoms with E-state index in [9.17, 15) is 0 Å². The minimum atomic E-state index is 1.02. The third-order valence-corrected chi connectivity index (χ3v) is 3.57. The fraction of sp³-hybridized carbons (Fsp3) is 0.308. The van der Waals surface area contributed by atoms with Crippen molar-refractivity contribution in [1.82, 2.24) is 10.3 Å². The highest BCUT2D eigenvalue weighted by Gasteiger charge is 2.14. The van der Waals surface area contributed by atoms with Crippen LogP contribution in [0.25, 0.3) is 10.8 Å². The quantitative estimate of drug-likeness (QED) is 0.752. The van der Waals surface area contributed by atoms with Crippen LogP contribution in [0, 0.1) is 0 Å². The molecule has 3 nitrogen and oxygen atoms in total. The highest BCUT2D eigenvalue weighted by atomic mass is 32.1. The summed E-state index contributed by atoms with van der Waals surface area (Å²) in [5.41, 5.74) is 0. The van der Waals surface area contributed by atoms with Gasteiger partial charge >= 0.3 is 0 Å². The summed E-state index contributed by atoms with van der Waals surface area (Å²) < 4.78 is 0. The van der Waals surface area contributed by atoms with E-state index in [0.717, 1.165) is 36.9 Å². The van der Waals surface area contributed by atoms with Crippen molar-refractivity contribution >= 4 is 29.2 Å². The van der Waals surface area contributed by atoms with Crippen LogP contribution < -0.4 is 10.2 Å². The molecule has 0 bridgehead atoms. The largest absolute Gasteiger partial charge is 0.354 e. The second-order valence-electron chi connectivity index (χ2n) is 4.24. The maximum atomic E-state index is 4.54. The first-order chi connectivity index (χ1) is 8.36. The van der Waals surface area contributed by atoms with Gasteiger partial charge in [0.05, 0.1) is 0 Å². The van der Waals surface area contributed by atoms with Gasteiger partial charge in [0.1, 0.15) is 5.82 Å². The molecule has 1 aliphatic heterocycles. The van der Waals surface area contributed by atoms with Crippen molar-refractivity contribution in [2.75, 3.05) is 31.1 Å². The molecule has 1 N–H and O–H groups in total. The first-order valence-electron chi connectivity index (χ1n) is 5.88. The van der Waals surface area contributed by atoms with Gasteiger partial charge in [-0.3, -0.25) is 0 Å². The van der Waals surface area contributed by atoms with Crippen molar-refractivity contribution in [2.24, 2.45) is 0 Å². The van der Waals surface area contributed by atoms with Gasteiger partial charge in [-0.05, 0) is 12.1 Å². The Balaban J connectivity index is 2.12. The topological polar surface area (TPSA) is 28.2 Å². The molecule has 2 heterocycles. The zero-order chi connectivity index (χ0) is 11.7. The highest BCUT2D eigenvalue weighted by Crippen LogP contribution is 2.28. The SMILES string of the molecule is Sc1cccc2c(N3CCNCC3)nccc12. The lowest BCUT2D eigenvalue weighted by molar-refractivity contribution is 0.586. The molecule has 0 amide bonds. The van der Waals surface area contributed by atoms with Crippen molar-refractivity contribution < 1.29 is 0 Å². The van der Waals surface area contributed by atoms with E-state index in [4.69, 9.17) is 0 Å².